The second-order valence-electron chi connectivity index (χ2n) is 7.22. The van der Waals surface area contributed by atoms with E-state index in [1.54, 1.807) is 0 Å². The minimum absolute atomic E-state index is 0.0225. The highest BCUT2D eigenvalue weighted by atomic mass is 16.2. The van der Waals surface area contributed by atoms with Gasteiger partial charge in [0.2, 0.25) is 5.91 Å². The van der Waals surface area contributed by atoms with Gasteiger partial charge in [0.15, 0.2) is 5.78 Å². The normalized spacial score (nSPS) is 17.2. The van der Waals surface area contributed by atoms with E-state index in [4.69, 9.17) is 0 Å². The van der Waals surface area contributed by atoms with Crippen LogP contribution >= 0.6 is 0 Å². The average molecular weight is 330 g/mol. The summed E-state index contributed by atoms with van der Waals surface area (Å²) in [6.07, 6.45) is 3.79. The van der Waals surface area contributed by atoms with Crippen molar-refractivity contribution in [2.45, 2.75) is 46.0 Å². The summed E-state index contributed by atoms with van der Waals surface area (Å²) >= 11 is 0. The highest BCUT2D eigenvalue weighted by Crippen LogP contribution is 2.12. The van der Waals surface area contributed by atoms with E-state index in [1.807, 2.05) is 24.3 Å². The van der Waals surface area contributed by atoms with E-state index in [0.717, 1.165) is 25.9 Å². The number of hydrogen-bond acceptors (Lipinski definition) is 3. The zero-order valence-electron chi connectivity index (χ0n) is 14.9. The highest BCUT2D eigenvalue weighted by molar-refractivity contribution is 5.97. The first-order valence-electron chi connectivity index (χ1n) is 9.14. The number of amides is 1. The van der Waals surface area contributed by atoms with Crippen LogP contribution in [0.4, 0.5) is 0 Å². The molecular weight excluding hydrogens is 300 g/mol. The molecule has 1 aliphatic rings. The van der Waals surface area contributed by atoms with Gasteiger partial charge >= 0.3 is 0 Å². The Morgan fingerprint density at radius 3 is 2.58 bits per heavy atom. The Balaban J connectivity index is 1.66. The fourth-order valence-corrected chi connectivity index (χ4v) is 3.13. The van der Waals surface area contributed by atoms with Gasteiger partial charge in [0.05, 0.1) is 0 Å². The lowest BCUT2D eigenvalue weighted by Crippen LogP contribution is -2.26. The molecule has 0 saturated carbocycles. The van der Waals surface area contributed by atoms with E-state index in [2.05, 4.69) is 24.5 Å². The predicted octanol–water partition coefficient (Wildman–Crippen LogP) is 2.96. The van der Waals surface area contributed by atoms with Crippen LogP contribution in [0.25, 0.3) is 0 Å². The molecule has 1 aromatic carbocycles. The van der Waals surface area contributed by atoms with Crippen molar-refractivity contribution < 1.29 is 9.59 Å². The Labute approximate surface area is 145 Å². The summed E-state index contributed by atoms with van der Waals surface area (Å²) in [4.78, 5) is 24.0. The minimum Gasteiger partial charge on any atom is -0.356 e. The number of carbonyl (C=O) groups excluding carboxylic acids is 2. The quantitative estimate of drug-likeness (QED) is 0.684. The van der Waals surface area contributed by atoms with E-state index in [1.165, 1.54) is 12.0 Å². The predicted molar refractivity (Wildman–Crippen MR) is 97.2 cm³/mol. The molecule has 0 radical (unpaired) electrons. The fourth-order valence-electron chi connectivity index (χ4n) is 3.13. The van der Waals surface area contributed by atoms with E-state index >= 15 is 0 Å². The van der Waals surface area contributed by atoms with E-state index in [0.29, 0.717) is 23.9 Å². The van der Waals surface area contributed by atoms with Crippen molar-refractivity contribution in [2.75, 3.05) is 19.6 Å². The Kier molecular flexibility index (Phi) is 7.44. The topological polar surface area (TPSA) is 58.2 Å². The van der Waals surface area contributed by atoms with Crippen LogP contribution < -0.4 is 10.6 Å². The number of carbonyl (C=O) groups is 2. The smallest absolute Gasteiger partial charge is 0.220 e. The van der Waals surface area contributed by atoms with Gasteiger partial charge in [0.1, 0.15) is 0 Å². The lowest BCUT2D eigenvalue weighted by Gasteiger charge is -2.09. The largest absolute Gasteiger partial charge is 0.356 e. The molecule has 24 heavy (non-hydrogen) atoms. The van der Waals surface area contributed by atoms with Crippen molar-refractivity contribution in [1.82, 2.24) is 10.6 Å². The zero-order valence-corrected chi connectivity index (χ0v) is 14.9. The molecule has 0 bridgehead atoms. The SMILES string of the molecule is CC(C)Cc1ccc(C(=O)CCC(=O)NCCC2CCNC2)cc1. The maximum atomic E-state index is 12.2. The molecule has 1 saturated heterocycles. The van der Waals surface area contributed by atoms with Crippen LogP contribution in [0.15, 0.2) is 24.3 Å². The molecule has 1 aromatic rings. The van der Waals surface area contributed by atoms with Gasteiger partial charge in [0.25, 0.3) is 0 Å². The Morgan fingerprint density at radius 2 is 1.96 bits per heavy atom. The van der Waals surface area contributed by atoms with Crippen molar-refractivity contribution in [1.29, 1.82) is 0 Å². The molecule has 0 spiro atoms. The molecule has 2 N–H and O–H groups in total. The maximum absolute atomic E-state index is 12.2. The van der Waals surface area contributed by atoms with Gasteiger partial charge in [0, 0.05) is 24.9 Å². The number of rotatable bonds is 9. The standard InChI is InChI=1S/C20H30N2O2/c1-15(2)13-16-3-5-18(6-4-16)19(23)7-8-20(24)22-12-10-17-9-11-21-14-17/h3-6,15,17,21H,7-14H2,1-2H3,(H,22,24). The van der Waals surface area contributed by atoms with Crippen molar-refractivity contribution in [2.24, 2.45) is 11.8 Å². The molecule has 1 fully saturated rings. The molecule has 1 aliphatic heterocycles. The van der Waals surface area contributed by atoms with Crippen molar-refractivity contribution in [3.05, 3.63) is 35.4 Å². The lowest BCUT2D eigenvalue weighted by atomic mass is 9.99. The second kappa shape index (κ2) is 9.58. The third-order valence-corrected chi connectivity index (χ3v) is 4.54. The number of hydrogen-bond donors (Lipinski definition) is 2. The third-order valence-electron chi connectivity index (χ3n) is 4.54. The monoisotopic (exact) mass is 330 g/mol. The average Bonchev–Trinajstić information content (AvgIpc) is 3.06. The molecule has 4 heteroatoms. The van der Waals surface area contributed by atoms with Crippen molar-refractivity contribution in [3.63, 3.8) is 0 Å². The van der Waals surface area contributed by atoms with Gasteiger partial charge < -0.3 is 10.6 Å². The molecule has 4 nitrogen and oxygen atoms in total. The molecular formula is C20H30N2O2. The van der Waals surface area contributed by atoms with E-state index in [9.17, 15) is 9.59 Å². The maximum Gasteiger partial charge on any atom is 0.220 e. The van der Waals surface area contributed by atoms with Crippen LogP contribution in [0.3, 0.4) is 0 Å². The molecule has 1 amide bonds. The third kappa shape index (κ3) is 6.44. The summed E-state index contributed by atoms with van der Waals surface area (Å²) in [7, 11) is 0. The summed E-state index contributed by atoms with van der Waals surface area (Å²) < 4.78 is 0. The molecule has 1 atom stereocenters. The second-order valence-corrected chi connectivity index (χ2v) is 7.22. The Bertz CT molecular complexity index is 531. The molecule has 1 unspecified atom stereocenters. The van der Waals surface area contributed by atoms with E-state index in [-0.39, 0.29) is 24.5 Å². The first kappa shape index (κ1) is 18.7. The summed E-state index contributed by atoms with van der Waals surface area (Å²) in [6, 6.07) is 7.79. The molecule has 1 heterocycles. The van der Waals surface area contributed by atoms with Crippen molar-refractivity contribution >= 4 is 11.7 Å². The Hall–Kier alpha value is -1.68. The summed E-state index contributed by atoms with van der Waals surface area (Å²) in [6.45, 7) is 7.22. The van der Waals surface area contributed by atoms with Gasteiger partial charge in [-0.2, -0.15) is 0 Å². The first-order valence-corrected chi connectivity index (χ1v) is 9.14. The van der Waals surface area contributed by atoms with Gasteiger partial charge in [-0.15, -0.1) is 0 Å². The van der Waals surface area contributed by atoms with E-state index < -0.39 is 0 Å². The number of nitrogens with one attached hydrogen (secondary N) is 2. The first-order chi connectivity index (χ1) is 11.5. The Morgan fingerprint density at radius 1 is 1.21 bits per heavy atom. The number of benzene rings is 1. The van der Waals surface area contributed by atoms with Crippen molar-refractivity contribution in [3.8, 4) is 0 Å². The zero-order chi connectivity index (χ0) is 17.4. The minimum atomic E-state index is -0.0225. The molecule has 132 valence electrons. The molecule has 0 aromatic heterocycles. The summed E-state index contributed by atoms with van der Waals surface area (Å²) in [5, 5.41) is 6.25. The van der Waals surface area contributed by atoms with Gasteiger partial charge in [-0.25, -0.2) is 0 Å². The van der Waals surface area contributed by atoms with Gasteiger partial charge in [-0.1, -0.05) is 38.1 Å². The summed E-state index contributed by atoms with van der Waals surface area (Å²) in [5.41, 5.74) is 1.95. The van der Waals surface area contributed by atoms with Crippen LogP contribution in [0, 0.1) is 11.8 Å². The van der Waals surface area contributed by atoms with Gasteiger partial charge in [-0.3, -0.25) is 9.59 Å². The highest BCUT2D eigenvalue weighted by Gasteiger charge is 2.14. The lowest BCUT2D eigenvalue weighted by molar-refractivity contribution is -0.121. The fraction of sp³-hybridized carbons (Fsp3) is 0.600. The molecule has 0 aliphatic carbocycles. The summed E-state index contributed by atoms with van der Waals surface area (Å²) in [5.74, 6) is 1.30. The number of Topliss-reactive ketones (excluding diaryl/α,β-unsaturated/α-hetero) is 1. The van der Waals surface area contributed by atoms with Crippen LogP contribution in [-0.4, -0.2) is 31.3 Å². The molecule has 2 rings (SSSR count). The number of ketones is 1. The van der Waals surface area contributed by atoms with Crippen LogP contribution in [0.1, 0.15) is 55.5 Å². The van der Waals surface area contributed by atoms with Crippen LogP contribution in [0.5, 0.6) is 0 Å². The van der Waals surface area contributed by atoms with Crippen LogP contribution in [0.2, 0.25) is 0 Å². The van der Waals surface area contributed by atoms with Crippen LogP contribution in [-0.2, 0) is 11.2 Å². The van der Waals surface area contributed by atoms with Gasteiger partial charge in [-0.05, 0) is 49.8 Å².